The van der Waals surface area contributed by atoms with E-state index >= 15 is 0 Å². The van der Waals surface area contributed by atoms with Crippen LogP contribution in [0.1, 0.15) is 27.6 Å². The van der Waals surface area contributed by atoms with E-state index in [1.165, 1.54) is 36.4 Å². The summed E-state index contributed by atoms with van der Waals surface area (Å²) in [5, 5.41) is 5.56. The fourth-order valence-corrected chi connectivity index (χ4v) is 5.33. The van der Waals surface area contributed by atoms with Crippen LogP contribution in [-0.2, 0) is 20.5 Å². The van der Waals surface area contributed by atoms with E-state index in [1.54, 1.807) is 36.4 Å². The van der Waals surface area contributed by atoms with Gasteiger partial charge in [-0.15, -0.1) is 11.8 Å². The first-order chi connectivity index (χ1) is 20.4. The molecular weight excluding hydrogens is 648 g/mol. The van der Waals surface area contributed by atoms with Crippen molar-refractivity contribution in [2.75, 3.05) is 16.4 Å². The Balaban J connectivity index is 1.52. The number of anilines is 2. The Morgan fingerprint density at radius 1 is 0.814 bits per heavy atom. The molecule has 222 valence electrons. The number of hydrogen-bond acceptors (Lipinski definition) is 5. The highest BCUT2D eigenvalue weighted by Gasteiger charge is 2.32. The summed E-state index contributed by atoms with van der Waals surface area (Å²) in [4.78, 5) is 39.6. The summed E-state index contributed by atoms with van der Waals surface area (Å²) in [7, 11) is 0. The Morgan fingerprint density at radius 2 is 1.47 bits per heavy atom. The summed E-state index contributed by atoms with van der Waals surface area (Å²) in [6, 6.07) is 21.3. The Kier molecular flexibility index (Phi) is 10.6. The smallest absolute Gasteiger partial charge is 0.416 e. The van der Waals surface area contributed by atoms with E-state index in [4.69, 9.17) is 39.5 Å². The Labute approximate surface area is 263 Å². The van der Waals surface area contributed by atoms with Gasteiger partial charge in [0.05, 0.1) is 27.6 Å². The van der Waals surface area contributed by atoms with Crippen molar-refractivity contribution in [1.82, 2.24) is 0 Å². The molecule has 4 aromatic rings. The van der Waals surface area contributed by atoms with Crippen LogP contribution < -0.4 is 10.6 Å². The topological polar surface area (TPSA) is 84.5 Å². The maximum atomic E-state index is 13.3. The van der Waals surface area contributed by atoms with Crippen molar-refractivity contribution < 1.29 is 32.3 Å². The van der Waals surface area contributed by atoms with E-state index in [0.29, 0.717) is 26.7 Å². The minimum absolute atomic E-state index is 0.0666. The van der Waals surface area contributed by atoms with Gasteiger partial charge in [-0.1, -0.05) is 77.3 Å². The molecule has 0 radical (unpaired) electrons. The molecule has 0 fully saturated rings. The number of carbonyl (C=O) groups is 3. The zero-order chi connectivity index (χ0) is 31.1. The fourth-order valence-electron chi connectivity index (χ4n) is 3.79. The van der Waals surface area contributed by atoms with Gasteiger partial charge < -0.3 is 15.4 Å². The zero-order valence-electron chi connectivity index (χ0n) is 21.8. The fraction of sp³-hybridized carbons (Fsp3) is 0.100. The predicted octanol–water partition coefficient (Wildman–Crippen LogP) is 8.93. The lowest BCUT2D eigenvalue weighted by molar-refractivity contribution is -0.137. The monoisotopic (exact) mass is 666 g/mol. The third-order valence-corrected chi connectivity index (χ3v) is 7.57. The summed E-state index contributed by atoms with van der Waals surface area (Å²) in [6.45, 7) is 0. The first-order valence-corrected chi connectivity index (χ1v) is 14.4. The molecule has 0 heterocycles. The van der Waals surface area contributed by atoms with E-state index in [0.717, 1.165) is 23.9 Å². The van der Waals surface area contributed by atoms with Gasteiger partial charge in [0, 0.05) is 26.2 Å². The molecule has 0 spiro atoms. The lowest BCUT2D eigenvalue weighted by Crippen LogP contribution is -2.26. The van der Waals surface area contributed by atoms with Crippen LogP contribution in [0, 0.1) is 0 Å². The number of ether oxygens (including phenoxy) is 1. The normalized spacial score (nSPS) is 11.9. The highest BCUT2D eigenvalue weighted by atomic mass is 35.5. The van der Waals surface area contributed by atoms with Crippen molar-refractivity contribution in [3.05, 3.63) is 123 Å². The summed E-state index contributed by atoms with van der Waals surface area (Å²) in [5.41, 5.74) is -0.596. The molecule has 2 N–H and O–H groups in total. The molecule has 0 saturated heterocycles. The number of carbonyl (C=O) groups excluding carboxylic acids is 3. The lowest BCUT2D eigenvalue weighted by atomic mass is 10.1. The van der Waals surface area contributed by atoms with Crippen LogP contribution in [0.5, 0.6) is 0 Å². The number of hydrogen-bond donors (Lipinski definition) is 2. The highest BCUT2D eigenvalue weighted by molar-refractivity contribution is 8.00. The molecule has 0 aliphatic heterocycles. The van der Waals surface area contributed by atoms with Crippen LogP contribution in [0.4, 0.5) is 24.5 Å². The number of thioether (sulfide) groups is 1. The van der Waals surface area contributed by atoms with E-state index < -0.39 is 35.6 Å². The average molecular weight is 668 g/mol. The molecule has 0 aromatic heterocycles. The Bertz CT molecular complexity index is 1640. The van der Waals surface area contributed by atoms with Crippen molar-refractivity contribution in [2.24, 2.45) is 0 Å². The van der Waals surface area contributed by atoms with Crippen LogP contribution in [0.25, 0.3) is 0 Å². The molecular formula is C30H20Cl3F3N2O4S. The third kappa shape index (κ3) is 8.90. The molecule has 0 saturated carbocycles. The van der Waals surface area contributed by atoms with Crippen LogP contribution >= 0.6 is 46.6 Å². The second-order valence-electron chi connectivity index (χ2n) is 8.87. The average Bonchev–Trinajstić information content (AvgIpc) is 2.95. The quantitative estimate of drug-likeness (QED) is 0.138. The van der Waals surface area contributed by atoms with Crippen molar-refractivity contribution >= 4 is 75.7 Å². The lowest BCUT2D eigenvalue weighted by Gasteiger charge is -2.20. The maximum absolute atomic E-state index is 13.3. The summed E-state index contributed by atoms with van der Waals surface area (Å²) < 4.78 is 45.4. The number of benzene rings is 4. The van der Waals surface area contributed by atoms with Gasteiger partial charge in [-0.25, -0.2) is 4.79 Å². The molecule has 4 rings (SSSR count). The van der Waals surface area contributed by atoms with Gasteiger partial charge in [0.25, 0.3) is 5.91 Å². The molecule has 1 atom stereocenters. The van der Waals surface area contributed by atoms with Gasteiger partial charge in [-0.3, -0.25) is 9.59 Å². The number of nitrogens with one attached hydrogen (secondary N) is 2. The van der Waals surface area contributed by atoms with Crippen molar-refractivity contribution in [2.45, 2.75) is 17.2 Å². The Morgan fingerprint density at radius 3 is 2.14 bits per heavy atom. The first kappa shape index (κ1) is 32.2. The van der Waals surface area contributed by atoms with Gasteiger partial charge in [-0.05, 0) is 48.5 Å². The SMILES string of the molecule is O=C(CSc1ccccc1C(=O)OC(C(=O)Nc1cc(C(F)(F)F)ccc1Cl)c1ccccc1)Nc1cc(Cl)cc(Cl)c1. The second kappa shape index (κ2) is 14.2. The van der Waals surface area contributed by atoms with E-state index in [9.17, 15) is 27.6 Å². The van der Waals surface area contributed by atoms with Gasteiger partial charge >= 0.3 is 12.1 Å². The molecule has 13 heteroatoms. The van der Waals surface area contributed by atoms with Crippen molar-refractivity contribution in [3.63, 3.8) is 0 Å². The van der Waals surface area contributed by atoms with Gasteiger partial charge in [-0.2, -0.15) is 13.2 Å². The van der Waals surface area contributed by atoms with E-state index in [1.807, 2.05) is 0 Å². The van der Waals surface area contributed by atoms with Crippen LogP contribution in [0.15, 0.2) is 95.9 Å². The van der Waals surface area contributed by atoms with Crippen LogP contribution in [0.3, 0.4) is 0 Å². The maximum Gasteiger partial charge on any atom is 0.416 e. The van der Waals surface area contributed by atoms with Gasteiger partial charge in [0.1, 0.15) is 0 Å². The van der Waals surface area contributed by atoms with Gasteiger partial charge in [0.15, 0.2) is 0 Å². The van der Waals surface area contributed by atoms with Crippen molar-refractivity contribution in [1.29, 1.82) is 0 Å². The molecule has 0 bridgehead atoms. The molecule has 2 amide bonds. The largest absolute Gasteiger partial charge is 0.444 e. The van der Waals surface area contributed by atoms with Crippen LogP contribution in [0.2, 0.25) is 15.1 Å². The van der Waals surface area contributed by atoms with E-state index in [2.05, 4.69) is 10.6 Å². The molecule has 6 nitrogen and oxygen atoms in total. The summed E-state index contributed by atoms with van der Waals surface area (Å²) in [5.74, 6) is -2.31. The standard InChI is InChI=1S/C30H20Cl3F3N2O4S/c31-19-13-20(32)15-21(14-19)37-26(39)16-43-25-9-5-4-8-22(25)29(41)42-27(17-6-2-1-3-7-17)28(40)38-24-12-18(30(34,35)36)10-11-23(24)33/h1-15,27H,16H2,(H,37,39)(H,38,40). The van der Waals surface area contributed by atoms with Crippen LogP contribution in [-0.4, -0.2) is 23.5 Å². The number of rotatable bonds is 9. The number of amides is 2. The molecule has 1 unspecified atom stereocenters. The highest BCUT2D eigenvalue weighted by Crippen LogP contribution is 2.35. The molecule has 0 aliphatic carbocycles. The van der Waals surface area contributed by atoms with Crippen molar-refractivity contribution in [3.8, 4) is 0 Å². The minimum atomic E-state index is -4.67. The van der Waals surface area contributed by atoms with Gasteiger partial charge in [0.2, 0.25) is 12.0 Å². The third-order valence-electron chi connectivity index (χ3n) is 5.73. The molecule has 43 heavy (non-hydrogen) atoms. The number of halogens is 6. The predicted molar refractivity (Wildman–Crippen MR) is 162 cm³/mol. The number of alkyl halides is 3. The number of esters is 1. The zero-order valence-corrected chi connectivity index (χ0v) is 24.8. The molecule has 0 aliphatic rings. The second-order valence-corrected chi connectivity index (χ2v) is 11.2. The minimum Gasteiger partial charge on any atom is -0.444 e. The summed E-state index contributed by atoms with van der Waals surface area (Å²) in [6.07, 6.45) is -6.22. The Hall–Kier alpha value is -3.70. The molecule has 4 aromatic carbocycles. The summed E-state index contributed by atoms with van der Waals surface area (Å²) >= 11 is 19.1. The van der Waals surface area contributed by atoms with E-state index in [-0.39, 0.29) is 27.6 Å². The first-order valence-electron chi connectivity index (χ1n) is 12.3.